The first-order valence-electron chi connectivity index (χ1n) is 7.14. The van der Waals surface area contributed by atoms with Gasteiger partial charge in [-0.3, -0.25) is 0 Å². The molecule has 0 amide bonds. The average Bonchev–Trinajstić information content (AvgIpc) is 2.85. The predicted molar refractivity (Wildman–Crippen MR) is 80.5 cm³/mol. The third kappa shape index (κ3) is 2.56. The number of hydrogen-bond acceptors (Lipinski definition) is 5. The number of fused-ring (bicyclic) bond motifs is 1. The Balaban J connectivity index is 1.88. The van der Waals surface area contributed by atoms with Crippen LogP contribution in [0.1, 0.15) is 39.5 Å². The second-order valence-corrected chi connectivity index (χ2v) is 6.38. The van der Waals surface area contributed by atoms with Crippen LogP contribution < -0.4 is 16.6 Å². The first kappa shape index (κ1) is 13.2. The third-order valence-electron chi connectivity index (χ3n) is 4.07. The summed E-state index contributed by atoms with van der Waals surface area (Å²) in [6.45, 7) is 4.66. The average molecular weight is 274 g/mol. The van der Waals surface area contributed by atoms with Crippen LogP contribution in [0.4, 0.5) is 11.6 Å². The lowest BCUT2D eigenvalue weighted by Crippen LogP contribution is -2.32. The molecule has 20 heavy (non-hydrogen) atoms. The standard InChI is InChI=1S/C14H22N6/c1-14(2)5-3-4-10(8-14)17-12-13-16-6-7-20(13)9-11(18-12)19-15/h6-7,9-10,19H,3-5,8,15H2,1-2H3,(H,17,18). The summed E-state index contributed by atoms with van der Waals surface area (Å²) >= 11 is 0. The minimum Gasteiger partial charge on any atom is -0.364 e. The molecule has 1 aliphatic rings. The molecular formula is C14H22N6. The van der Waals surface area contributed by atoms with E-state index < -0.39 is 0 Å². The van der Waals surface area contributed by atoms with Crippen LogP contribution in [0.2, 0.25) is 0 Å². The number of rotatable bonds is 3. The summed E-state index contributed by atoms with van der Waals surface area (Å²) in [5.74, 6) is 6.91. The summed E-state index contributed by atoms with van der Waals surface area (Å²) in [6.07, 6.45) is 10.4. The second-order valence-electron chi connectivity index (χ2n) is 6.38. The Kier molecular flexibility index (Phi) is 3.25. The van der Waals surface area contributed by atoms with E-state index in [2.05, 4.69) is 34.6 Å². The summed E-state index contributed by atoms with van der Waals surface area (Å²) in [7, 11) is 0. The van der Waals surface area contributed by atoms with Crippen molar-refractivity contribution in [3.8, 4) is 0 Å². The Morgan fingerprint density at radius 3 is 3.05 bits per heavy atom. The molecule has 1 fully saturated rings. The molecule has 0 saturated heterocycles. The highest BCUT2D eigenvalue weighted by Gasteiger charge is 2.28. The van der Waals surface area contributed by atoms with Gasteiger partial charge in [-0.15, -0.1) is 0 Å². The minimum absolute atomic E-state index is 0.394. The molecular weight excluding hydrogens is 252 g/mol. The van der Waals surface area contributed by atoms with Crippen molar-refractivity contribution in [2.24, 2.45) is 11.3 Å². The monoisotopic (exact) mass is 274 g/mol. The van der Waals surface area contributed by atoms with Crippen LogP contribution in [-0.4, -0.2) is 20.4 Å². The molecule has 6 heteroatoms. The molecule has 1 atom stereocenters. The van der Waals surface area contributed by atoms with Crippen LogP contribution in [-0.2, 0) is 0 Å². The molecule has 0 radical (unpaired) electrons. The van der Waals surface area contributed by atoms with E-state index in [1.807, 2.05) is 16.8 Å². The number of nitrogens with two attached hydrogens (primary N) is 1. The number of anilines is 2. The molecule has 1 saturated carbocycles. The van der Waals surface area contributed by atoms with E-state index in [1.54, 1.807) is 6.20 Å². The van der Waals surface area contributed by atoms with Gasteiger partial charge >= 0.3 is 0 Å². The predicted octanol–water partition coefficient (Wildman–Crippen LogP) is 2.40. The molecule has 4 N–H and O–H groups in total. The van der Waals surface area contributed by atoms with E-state index in [1.165, 1.54) is 19.3 Å². The number of hydrazine groups is 1. The van der Waals surface area contributed by atoms with Gasteiger partial charge in [-0.1, -0.05) is 20.3 Å². The Morgan fingerprint density at radius 2 is 2.30 bits per heavy atom. The molecule has 2 aromatic heterocycles. The number of nitrogens with zero attached hydrogens (tertiary/aromatic N) is 3. The van der Waals surface area contributed by atoms with Crippen LogP contribution in [0.15, 0.2) is 18.6 Å². The summed E-state index contributed by atoms with van der Waals surface area (Å²) < 4.78 is 1.93. The molecule has 1 unspecified atom stereocenters. The van der Waals surface area contributed by atoms with Crippen molar-refractivity contribution in [2.75, 3.05) is 10.7 Å². The van der Waals surface area contributed by atoms with Gasteiger partial charge in [-0.25, -0.2) is 15.8 Å². The van der Waals surface area contributed by atoms with Crippen molar-refractivity contribution < 1.29 is 0 Å². The SMILES string of the molecule is CC1(C)CCCC(Nc2nc(NN)cn3ccnc23)C1. The van der Waals surface area contributed by atoms with Gasteiger partial charge in [-0.05, 0) is 24.7 Å². The van der Waals surface area contributed by atoms with Gasteiger partial charge < -0.3 is 15.1 Å². The molecule has 2 heterocycles. The Labute approximate surface area is 118 Å². The quantitative estimate of drug-likeness (QED) is 0.591. The first-order valence-corrected chi connectivity index (χ1v) is 7.14. The highest BCUT2D eigenvalue weighted by Crippen LogP contribution is 2.36. The van der Waals surface area contributed by atoms with Crippen molar-refractivity contribution in [1.82, 2.24) is 14.4 Å². The smallest absolute Gasteiger partial charge is 0.180 e. The van der Waals surface area contributed by atoms with Crippen molar-refractivity contribution in [3.63, 3.8) is 0 Å². The lowest BCUT2D eigenvalue weighted by Gasteiger charge is -2.35. The maximum absolute atomic E-state index is 5.48. The molecule has 0 aromatic carbocycles. The van der Waals surface area contributed by atoms with Crippen LogP contribution >= 0.6 is 0 Å². The third-order valence-corrected chi connectivity index (χ3v) is 4.07. The van der Waals surface area contributed by atoms with Crippen LogP contribution in [0.25, 0.3) is 5.65 Å². The molecule has 0 bridgehead atoms. The maximum atomic E-state index is 5.48. The van der Waals surface area contributed by atoms with Crippen molar-refractivity contribution >= 4 is 17.3 Å². The molecule has 1 aliphatic carbocycles. The number of hydrogen-bond donors (Lipinski definition) is 3. The molecule has 0 aliphatic heterocycles. The highest BCUT2D eigenvalue weighted by atomic mass is 15.3. The fourth-order valence-corrected chi connectivity index (χ4v) is 3.11. The van der Waals surface area contributed by atoms with Crippen LogP contribution in [0, 0.1) is 5.41 Å². The van der Waals surface area contributed by atoms with Gasteiger partial charge in [0.1, 0.15) is 0 Å². The molecule has 2 aromatic rings. The fourth-order valence-electron chi connectivity index (χ4n) is 3.11. The summed E-state index contributed by atoms with van der Waals surface area (Å²) in [5.41, 5.74) is 3.84. The summed E-state index contributed by atoms with van der Waals surface area (Å²) in [6, 6.07) is 0.444. The Morgan fingerprint density at radius 1 is 1.45 bits per heavy atom. The van der Waals surface area contributed by atoms with E-state index >= 15 is 0 Å². The molecule has 3 rings (SSSR count). The number of nitrogens with one attached hydrogen (secondary N) is 2. The largest absolute Gasteiger partial charge is 0.364 e. The van der Waals surface area contributed by atoms with Gasteiger partial charge in [-0.2, -0.15) is 0 Å². The lowest BCUT2D eigenvalue weighted by atomic mass is 9.75. The van der Waals surface area contributed by atoms with Crippen LogP contribution in [0.5, 0.6) is 0 Å². The zero-order chi connectivity index (χ0) is 14.2. The maximum Gasteiger partial charge on any atom is 0.180 e. The molecule has 108 valence electrons. The van der Waals surface area contributed by atoms with Gasteiger partial charge in [0.25, 0.3) is 0 Å². The zero-order valence-electron chi connectivity index (χ0n) is 12.1. The fraction of sp³-hybridized carbons (Fsp3) is 0.571. The Hall–Kier alpha value is -1.82. The van der Waals surface area contributed by atoms with Crippen molar-refractivity contribution in [2.45, 2.75) is 45.6 Å². The first-order chi connectivity index (χ1) is 9.57. The van der Waals surface area contributed by atoms with Gasteiger partial charge in [0.2, 0.25) is 0 Å². The van der Waals surface area contributed by atoms with Gasteiger partial charge in [0, 0.05) is 18.4 Å². The molecule has 0 spiro atoms. The van der Waals surface area contributed by atoms with Crippen molar-refractivity contribution in [1.29, 1.82) is 0 Å². The second kappa shape index (κ2) is 4.94. The number of imidazole rings is 1. The zero-order valence-corrected chi connectivity index (χ0v) is 12.1. The number of nitrogen functional groups attached to an aromatic ring is 1. The summed E-state index contributed by atoms with van der Waals surface area (Å²) in [4.78, 5) is 8.87. The number of aromatic nitrogens is 3. The van der Waals surface area contributed by atoms with Crippen molar-refractivity contribution in [3.05, 3.63) is 18.6 Å². The highest BCUT2D eigenvalue weighted by molar-refractivity contribution is 5.65. The molecule has 6 nitrogen and oxygen atoms in total. The van der Waals surface area contributed by atoms with E-state index in [0.29, 0.717) is 17.3 Å². The lowest BCUT2D eigenvalue weighted by molar-refractivity contribution is 0.229. The van der Waals surface area contributed by atoms with E-state index in [-0.39, 0.29) is 0 Å². The van der Waals surface area contributed by atoms with Gasteiger partial charge in [0.15, 0.2) is 17.3 Å². The van der Waals surface area contributed by atoms with Crippen LogP contribution in [0.3, 0.4) is 0 Å². The summed E-state index contributed by atoms with van der Waals surface area (Å²) in [5, 5.41) is 3.55. The van der Waals surface area contributed by atoms with E-state index in [4.69, 9.17) is 5.84 Å². The van der Waals surface area contributed by atoms with E-state index in [9.17, 15) is 0 Å². The van der Waals surface area contributed by atoms with Gasteiger partial charge in [0.05, 0.1) is 6.20 Å². The topological polar surface area (TPSA) is 80.3 Å². The Bertz CT molecular complexity index is 603. The van der Waals surface area contributed by atoms with E-state index in [0.717, 1.165) is 17.9 Å². The normalized spacial score (nSPS) is 21.9. The minimum atomic E-state index is 0.394.